The Balaban J connectivity index is 1.58. The highest BCUT2D eigenvalue weighted by molar-refractivity contribution is 5.99. The van der Waals surface area contributed by atoms with E-state index in [4.69, 9.17) is 4.74 Å². The van der Waals surface area contributed by atoms with E-state index in [1.807, 2.05) is 30.3 Å². The van der Waals surface area contributed by atoms with Crippen LogP contribution in [0.15, 0.2) is 67.3 Å². The number of aromatic nitrogens is 3. The minimum Gasteiger partial charge on any atom is -0.378 e. The van der Waals surface area contributed by atoms with Gasteiger partial charge in [0.05, 0.1) is 17.4 Å². The van der Waals surface area contributed by atoms with Crippen molar-refractivity contribution in [3.8, 4) is 5.69 Å². The Morgan fingerprint density at radius 1 is 1.13 bits per heavy atom. The number of rotatable bonds is 5. The van der Waals surface area contributed by atoms with Crippen LogP contribution < -0.4 is 0 Å². The predicted molar refractivity (Wildman–Crippen MR) is 110 cm³/mol. The summed E-state index contributed by atoms with van der Waals surface area (Å²) in [5.41, 5.74) is 2.10. The molecule has 30 heavy (non-hydrogen) atoms. The molecule has 2 aromatic heterocycles. The van der Waals surface area contributed by atoms with Gasteiger partial charge in [0, 0.05) is 51.5 Å². The number of benzene rings is 1. The molecule has 3 aromatic rings. The van der Waals surface area contributed by atoms with Crippen LogP contribution in [0, 0.1) is 0 Å². The van der Waals surface area contributed by atoms with Gasteiger partial charge >= 0.3 is 0 Å². The van der Waals surface area contributed by atoms with E-state index in [1.165, 1.54) is 0 Å². The molecule has 0 bridgehead atoms. The van der Waals surface area contributed by atoms with Crippen molar-refractivity contribution in [2.75, 3.05) is 26.7 Å². The van der Waals surface area contributed by atoms with Gasteiger partial charge in [-0.1, -0.05) is 18.2 Å². The lowest BCUT2D eigenvalue weighted by molar-refractivity contribution is -0.132. The van der Waals surface area contributed by atoms with Crippen molar-refractivity contribution >= 4 is 11.8 Å². The van der Waals surface area contributed by atoms with Gasteiger partial charge in [-0.3, -0.25) is 14.6 Å². The second-order valence-electron chi connectivity index (χ2n) is 7.15. The molecule has 1 fully saturated rings. The maximum atomic E-state index is 13.4. The van der Waals surface area contributed by atoms with Gasteiger partial charge in [0.2, 0.25) is 5.91 Å². The first kappa shape index (κ1) is 19.8. The standard InChI is InChI=1S/C22H23N5O3/c1-30-18-14-25(13-17-6-4-9-23-12-17)21(28)16-26(15-18)22(29)19-7-2-3-8-20(19)27-11-5-10-24-27/h2-12,18H,13-16H2,1H3/t18-/m1/s1. The van der Waals surface area contributed by atoms with Crippen molar-refractivity contribution in [3.63, 3.8) is 0 Å². The molecule has 1 atom stereocenters. The number of methoxy groups -OCH3 is 1. The van der Waals surface area contributed by atoms with Gasteiger partial charge in [0.25, 0.3) is 5.91 Å². The lowest BCUT2D eigenvalue weighted by Crippen LogP contribution is -2.40. The van der Waals surface area contributed by atoms with Gasteiger partial charge in [0.15, 0.2) is 0 Å². The smallest absolute Gasteiger partial charge is 0.256 e. The quantitative estimate of drug-likeness (QED) is 0.646. The fourth-order valence-corrected chi connectivity index (χ4v) is 3.58. The molecule has 0 spiro atoms. The molecular formula is C22H23N5O3. The molecule has 2 amide bonds. The molecule has 4 rings (SSSR count). The number of para-hydroxylation sites is 1. The zero-order valence-electron chi connectivity index (χ0n) is 16.7. The Hall–Kier alpha value is -3.52. The van der Waals surface area contributed by atoms with Crippen LogP contribution in [0.4, 0.5) is 0 Å². The van der Waals surface area contributed by atoms with Crippen LogP contribution in [0.1, 0.15) is 15.9 Å². The maximum Gasteiger partial charge on any atom is 0.256 e. The van der Waals surface area contributed by atoms with Crippen LogP contribution in [0.5, 0.6) is 0 Å². The molecule has 1 saturated heterocycles. The second-order valence-corrected chi connectivity index (χ2v) is 7.15. The van der Waals surface area contributed by atoms with Crippen molar-refractivity contribution in [3.05, 3.63) is 78.4 Å². The van der Waals surface area contributed by atoms with Crippen molar-refractivity contribution in [2.45, 2.75) is 12.6 Å². The Kier molecular flexibility index (Phi) is 5.85. The van der Waals surface area contributed by atoms with Crippen molar-refractivity contribution in [2.24, 2.45) is 0 Å². The topological polar surface area (TPSA) is 80.6 Å². The third-order valence-electron chi connectivity index (χ3n) is 5.13. The van der Waals surface area contributed by atoms with Crippen LogP contribution >= 0.6 is 0 Å². The third-order valence-corrected chi connectivity index (χ3v) is 5.13. The minimum atomic E-state index is -0.283. The third kappa shape index (κ3) is 4.23. The summed E-state index contributed by atoms with van der Waals surface area (Å²) in [6.45, 7) is 1.16. The average Bonchev–Trinajstić information content (AvgIpc) is 3.27. The van der Waals surface area contributed by atoms with Crippen molar-refractivity contribution < 1.29 is 14.3 Å². The molecule has 0 saturated carbocycles. The summed E-state index contributed by atoms with van der Waals surface area (Å²) in [5, 5.41) is 4.24. The second kappa shape index (κ2) is 8.87. The summed E-state index contributed by atoms with van der Waals surface area (Å²) in [6.07, 6.45) is 6.60. The zero-order valence-corrected chi connectivity index (χ0v) is 16.7. The molecule has 8 nitrogen and oxygen atoms in total. The molecule has 0 unspecified atom stereocenters. The lowest BCUT2D eigenvalue weighted by Gasteiger charge is -2.23. The van der Waals surface area contributed by atoms with E-state index < -0.39 is 0 Å². The molecule has 8 heteroatoms. The summed E-state index contributed by atoms with van der Waals surface area (Å²) < 4.78 is 7.23. The van der Waals surface area contributed by atoms with Crippen molar-refractivity contribution in [1.82, 2.24) is 24.6 Å². The summed E-state index contributed by atoms with van der Waals surface area (Å²) in [5.74, 6) is -0.344. The number of nitrogens with zero attached hydrogens (tertiary/aromatic N) is 5. The predicted octanol–water partition coefficient (Wildman–Crippen LogP) is 1.77. The van der Waals surface area contributed by atoms with Crippen LogP contribution in [-0.2, 0) is 16.1 Å². The van der Waals surface area contributed by atoms with Crippen LogP contribution in [0.25, 0.3) is 5.69 Å². The summed E-state index contributed by atoms with van der Waals surface area (Å²) in [4.78, 5) is 33.8. The number of hydrogen-bond acceptors (Lipinski definition) is 5. The molecule has 0 aliphatic carbocycles. The number of pyridine rings is 1. The highest BCUT2D eigenvalue weighted by Gasteiger charge is 2.31. The molecule has 1 aliphatic rings. The van der Waals surface area contributed by atoms with Crippen LogP contribution in [0.2, 0.25) is 0 Å². The number of carbonyl (C=O) groups is 2. The lowest BCUT2D eigenvalue weighted by atomic mass is 10.1. The molecule has 1 aromatic carbocycles. The van der Waals surface area contributed by atoms with Gasteiger partial charge in [-0.05, 0) is 29.8 Å². The number of ether oxygens (including phenoxy) is 1. The minimum absolute atomic E-state index is 0.00754. The molecule has 0 N–H and O–H groups in total. The van der Waals surface area contributed by atoms with E-state index in [-0.39, 0.29) is 24.5 Å². The van der Waals surface area contributed by atoms with Gasteiger partial charge in [-0.15, -0.1) is 0 Å². The van der Waals surface area contributed by atoms with E-state index in [1.54, 1.807) is 58.5 Å². The first-order chi connectivity index (χ1) is 14.7. The van der Waals surface area contributed by atoms with E-state index >= 15 is 0 Å². The number of carbonyl (C=O) groups excluding carboxylic acids is 2. The average molecular weight is 405 g/mol. The monoisotopic (exact) mass is 405 g/mol. The Morgan fingerprint density at radius 2 is 2.00 bits per heavy atom. The van der Waals surface area contributed by atoms with E-state index in [2.05, 4.69) is 10.1 Å². The summed E-state index contributed by atoms with van der Waals surface area (Å²) >= 11 is 0. The van der Waals surface area contributed by atoms with Gasteiger partial charge in [-0.25, -0.2) is 4.68 Å². The van der Waals surface area contributed by atoms with Crippen LogP contribution in [-0.4, -0.2) is 69.2 Å². The first-order valence-corrected chi connectivity index (χ1v) is 9.73. The number of amides is 2. The Labute approximate surface area is 174 Å². The van der Waals surface area contributed by atoms with E-state index in [0.29, 0.717) is 30.9 Å². The van der Waals surface area contributed by atoms with Gasteiger partial charge in [-0.2, -0.15) is 5.10 Å². The SMILES string of the molecule is CO[C@@H]1CN(Cc2cccnc2)C(=O)CN(C(=O)c2ccccc2-n2cccn2)C1. The van der Waals surface area contributed by atoms with Gasteiger partial charge in [0.1, 0.15) is 6.54 Å². The van der Waals surface area contributed by atoms with E-state index in [0.717, 1.165) is 5.56 Å². The fourth-order valence-electron chi connectivity index (χ4n) is 3.58. The number of hydrogen-bond donors (Lipinski definition) is 0. The largest absolute Gasteiger partial charge is 0.378 e. The van der Waals surface area contributed by atoms with E-state index in [9.17, 15) is 9.59 Å². The molecular weight excluding hydrogens is 382 g/mol. The molecule has 0 radical (unpaired) electrons. The summed E-state index contributed by atoms with van der Waals surface area (Å²) in [6, 6.07) is 12.8. The first-order valence-electron chi connectivity index (χ1n) is 9.73. The fraction of sp³-hybridized carbons (Fsp3) is 0.273. The van der Waals surface area contributed by atoms with Crippen molar-refractivity contribution in [1.29, 1.82) is 0 Å². The van der Waals surface area contributed by atoms with Gasteiger partial charge < -0.3 is 14.5 Å². The Bertz CT molecular complexity index is 1010. The molecule has 154 valence electrons. The summed E-state index contributed by atoms with van der Waals surface area (Å²) in [7, 11) is 1.60. The zero-order chi connectivity index (χ0) is 20.9. The van der Waals surface area contributed by atoms with Crippen LogP contribution in [0.3, 0.4) is 0 Å². The highest BCUT2D eigenvalue weighted by Crippen LogP contribution is 2.19. The highest BCUT2D eigenvalue weighted by atomic mass is 16.5. The molecule has 1 aliphatic heterocycles. The molecule has 3 heterocycles. The maximum absolute atomic E-state index is 13.4. The Morgan fingerprint density at radius 3 is 2.73 bits per heavy atom. The normalized spacial score (nSPS) is 17.1.